The molecule has 0 aliphatic carbocycles. The first-order chi connectivity index (χ1) is 18.7. The van der Waals surface area contributed by atoms with Crippen molar-refractivity contribution in [2.24, 2.45) is 0 Å². The molecule has 0 saturated carbocycles. The van der Waals surface area contributed by atoms with E-state index >= 15 is 0 Å². The van der Waals surface area contributed by atoms with E-state index in [2.05, 4.69) is 59.6 Å². The number of pyridine rings is 1. The van der Waals surface area contributed by atoms with Crippen LogP contribution in [0, 0.1) is 5.82 Å². The Kier molecular flexibility index (Phi) is 5.63. The van der Waals surface area contributed by atoms with Crippen LogP contribution in [0.4, 0.5) is 10.3 Å². The van der Waals surface area contributed by atoms with Crippen LogP contribution >= 0.6 is 0 Å². The molecule has 2 aliphatic heterocycles. The molecule has 11 nitrogen and oxygen atoms in total. The summed E-state index contributed by atoms with van der Waals surface area (Å²) < 4.78 is 23.9. The molecule has 0 bridgehead atoms. The second-order valence-corrected chi connectivity index (χ2v) is 9.79. The van der Waals surface area contributed by atoms with Gasteiger partial charge in [-0.1, -0.05) is 0 Å². The summed E-state index contributed by atoms with van der Waals surface area (Å²) in [6, 6.07) is 7.28. The van der Waals surface area contributed by atoms with Crippen LogP contribution in [0.5, 0.6) is 5.75 Å². The number of fused-ring (bicyclic) bond motifs is 3. The summed E-state index contributed by atoms with van der Waals surface area (Å²) >= 11 is 0. The highest BCUT2D eigenvalue weighted by atomic mass is 19.1. The first-order valence-electron chi connectivity index (χ1n) is 12.7. The van der Waals surface area contributed by atoms with Gasteiger partial charge in [-0.15, -0.1) is 10.2 Å². The molecule has 1 N–H and O–H groups in total. The van der Waals surface area contributed by atoms with Crippen molar-refractivity contribution in [1.29, 1.82) is 0 Å². The van der Waals surface area contributed by atoms with E-state index in [4.69, 9.17) is 4.74 Å². The van der Waals surface area contributed by atoms with Gasteiger partial charge in [0.15, 0.2) is 11.3 Å². The van der Waals surface area contributed by atoms with E-state index in [0.717, 1.165) is 66.5 Å². The Hall–Kier alpha value is -4.16. The van der Waals surface area contributed by atoms with Gasteiger partial charge in [0.1, 0.15) is 24.2 Å². The lowest BCUT2D eigenvalue weighted by Gasteiger charge is -2.32. The van der Waals surface area contributed by atoms with Crippen molar-refractivity contribution in [2.75, 3.05) is 45.2 Å². The Balaban J connectivity index is 1.19. The van der Waals surface area contributed by atoms with E-state index in [0.29, 0.717) is 30.2 Å². The Labute approximate surface area is 217 Å². The number of hydrogen-bond donors (Lipinski definition) is 1. The molecule has 1 fully saturated rings. The molecular formula is C26H27FN10O. The maximum absolute atomic E-state index is 14.6. The van der Waals surface area contributed by atoms with Gasteiger partial charge in [0.05, 0.1) is 12.3 Å². The smallest absolute Gasteiger partial charge is 0.210 e. The summed E-state index contributed by atoms with van der Waals surface area (Å²) in [4.78, 5) is 14.0. The minimum Gasteiger partial charge on any atom is -0.493 e. The topological polar surface area (TPSA) is 101 Å². The lowest BCUT2D eigenvalue weighted by atomic mass is 10.0. The van der Waals surface area contributed by atoms with Crippen LogP contribution in [0.2, 0.25) is 0 Å². The highest BCUT2D eigenvalue weighted by Gasteiger charge is 2.21. The highest BCUT2D eigenvalue weighted by Crippen LogP contribution is 2.32. The fourth-order valence-corrected chi connectivity index (χ4v) is 5.34. The van der Waals surface area contributed by atoms with Gasteiger partial charge in [-0.25, -0.2) is 18.9 Å². The lowest BCUT2D eigenvalue weighted by molar-refractivity contribution is 0.146. The molecule has 4 aromatic heterocycles. The number of rotatable bonds is 6. The molecule has 0 spiro atoms. The van der Waals surface area contributed by atoms with Gasteiger partial charge in [-0.2, -0.15) is 5.10 Å². The minimum atomic E-state index is -0.260. The van der Waals surface area contributed by atoms with Crippen LogP contribution in [-0.2, 0) is 19.5 Å². The Morgan fingerprint density at radius 2 is 1.92 bits per heavy atom. The van der Waals surface area contributed by atoms with Gasteiger partial charge in [0.2, 0.25) is 5.95 Å². The zero-order valence-electron chi connectivity index (χ0n) is 21.0. The second-order valence-electron chi connectivity index (χ2n) is 9.79. The van der Waals surface area contributed by atoms with E-state index in [1.54, 1.807) is 29.3 Å². The molecular weight excluding hydrogens is 487 g/mol. The van der Waals surface area contributed by atoms with Crippen LogP contribution in [0.25, 0.3) is 22.4 Å². The van der Waals surface area contributed by atoms with Crippen molar-refractivity contribution in [1.82, 2.24) is 44.0 Å². The van der Waals surface area contributed by atoms with Gasteiger partial charge in [-0.05, 0) is 31.3 Å². The van der Waals surface area contributed by atoms with Crippen LogP contribution in [0.3, 0.4) is 0 Å². The standard InChI is InChI=1S/C26H27FN10O/c1-34-7-9-35(10-8-34)14-17-2-3-19(24-30-15-32-37(17)24)21-13-29-26(36-16-31-33-25(21)36)28-12-20-18-6-11-38-23(18)5-4-22(20)27/h2-5,13,15-16H,6-12,14H2,1H3,(H,28,29). The largest absolute Gasteiger partial charge is 0.493 e. The fourth-order valence-electron chi connectivity index (χ4n) is 5.34. The van der Waals surface area contributed by atoms with Crippen molar-refractivity contribution < 1.29 is 9.13 Å². The monoisotopic (exact) mass is 514 g/mol. The van der Waals surface area contributed by atoms with Crippen LogP contribution in [0.1, 0.15) is 16.8 Å². The Morgan fingerprint density at radius 1 is 1.03 bits per heavy atom. The number of piperazine rings is 1. The molecule has 0 radical (unpaired) electrons. The predicted molar refractivity (Wildman–Crippen MR) is 138 cm³/mol. The molecule has 6 heterocycles. The van der Waals surface area contributed by atoms with E-state index in [9.17, 15) is 4.39 Å². The molecule has 7 rings (SSSR count). The number of halogens is 1. The van der Waals surface area contributed by atoms with E-state index < -0.39 is 0 Å². The van der Waals surface area contributed by atoms with Crippen molar-refractivity contribution >= 4 is 17.2 Å². The van der Waals surface area contributed by atoms with Crippen LogP contribution < -0.4 is 10.1 Å². The zero-order chi connectivity index (χ0) is 25.6. The summed E-state index contributed by atoms with van der Waals surface area (Å²) in [7, 11) is 2.16. The molecule has 194 valence electrons. The second kappa shape index (κ2) is 9.30. The van der Waals surface area contributed by atoms with Crippen molar-refractivity contribution in [3.05, 3.63) is 65.8 Å². The quantitative estimate of drug-likeness (QED) is 0.366. The normalized spacial score (nSPS) is 16.3. The molecule has 5 aromatic rings. The van der Waals surface area contributed by atoms with Gasteiger partial charge in [-0.3, -0.25) is 9.30 Å². The maximum atomic E-state index is 14.6. The van der Waals surface area contributed by atoms with E-state index in [-0.39, 0.29) is 12.4 Å². The third kappa shape index (κ3) is 3.92. The number of benzene rings is 1. The molecule has 0 amide bonds. The van der Waals surface area contributed by atoms with Gasteiger partial charge in [0, 0.05) is 74.1 Å². The molecule has 12 heteroatoms. The van der Waals surface area contributed by atoms with Gasteiger partial charge < -0.3 is 15.0 Å². The first kappa shape index (κ1) is 23.0. The predicted octanol–water partition coefficient (Wildman–Crippen LogP) is 2.27. The molecule has 38 heavy (non-hydrogen) atoms. The van der Waals surface area contributed by atoms with Crippen molar-refractivity contribution in [2.45, 2.75) is 19.5 Å². The third-order valence-electron chi connectivity index (χ3n) is 7.47. The molecule has 1 saturated heterocycles. The van der Waals surface area contributed by atoms with Crippen LogP contribution in [-0.4, -0.2) is 83.8 Å². The summed E-state index contributed by atoms with van der Waals surface area (Å²) in [5.74, 6) is 1.01. The number of aromatic nitrogens is 7. The number of ether oxygens (including phenoxy) is 1. The van der Waals surface area contributed by atoms with Crippen molar-refractivity contribution in [3.8, 4) is 16.9 Å². The maximum Gasteiger partial charge on any atom is 0.210 e. The molecule has 0 atom stereocenters. The third-order valence-corrected chi connectivity index (χ3v) is 7.47. The summed E-state index contributed by atoms with van der Waals surface area (Å²) in [6.07, 6.45) is 5.63. The van der Waals surface area contributed by atoms with E-state index in [1.807, 2.05) is 4.52 Å². The Morgan fingerprint density at radius 3 is 2.82 bits per heavy atom. The van der Waals surface area contributed by atoms with E-state index in [1.165, 1.54) is 6.07 Å². The van der Waals surface area contributed by atoms with Gasteiger partial charge >= 0.3 is 0 Å². The number of anilines is 1. The zero-order valence-corrected chi connectivity index (χ0v) is 21.0. The summed E-state index contributed by atoms with van der Waals surface area (Å²) in [5.41, 5.74) is 5.60. The molecule has 1 aromatic carbocycles. The molecule has 2 aliphatic rings. The van der Waals surface area contributed by atoms with Crippen LogP contribution in [0.15, 0.2) is 43.1 Å². The van der Waals surface area contributed by atoms with Gasteiger partial charge in [0.25, 0.3) is 0 Å². The average molecular weight is 515 g/mol. The minimum absolute atomic E-state index is 0.260. The molecule has 0 unspecified atom stereocenters. The number of nitrogens with zero attached hydrogens (tertiary/aromatic N) is 9. The number of hydrogen-bond acceptors (Lipinski definition) is 9. The number of nitrogens with one attached hydrogen (secondary N) is 1. The lowest BCUT2D eigenvalue weighted by Crippen LogP contribution is -2.44. The Bertz CT molecular complexity index is 1640. The SMILES string of the molecule is CN1CCN(Cc2ccc(-c3cnc(NCc4c(F)ccc5c4CCO5)n4cnnc34)c3ncnn23)CC1. The van der Waals surface area contributed by atoms with Crippen molar-refractivity contribution in [3.63, 3.8) is 0 Å². The summed E-state index contributed by atoms with van der Waals surface area (Å²) in [6.45, 7) is 5.81. The average Bonchev–Trinajstić information content (AvgIpc) is 3.70. The summed E-state index contributed by atoms with van der Waals surface area (Å²) in [5, 5.41) is 16.3. The fraction of sp³-hybridized carbons (Fsp3) is 0.346. The number of likely N-dealkylation sites (N-methyl/N-ethyl adjacent to an activating group) is 1. The first-order valence-corrected chi connectivity index (χ1v) is 12.7. The highest BCUT2D eigenvalue weighted by molar-refractivity contribution is 5.86.